The lowest BCUT2D eigenvalue weighted by molar-refractivity contribution is -0.141. The van der Waals surface area contributed by atoms with Gasteiger partial charge in [0.15, 0.2) is 5.69 Å². The number of nitrogens with zero attached hydrogens (tertiary/aromatic N) is 3. The van der Waals surface area contributed by atoms with E-state index in [4.69, 9.17) is 9.84 Å². The average Bonchev–Trinajstić information content (AvgIpc) is 2.77. The summed E-state index contributed by atoms with van der Waals surface area (Å²) in [5.74, 6) is 0. The van der Waals surface area contributed by atoms with Gasteiger partial charge < -0.3 is 19.3 Å². The van der Waals surface area contributed by atoms with Gasteiger partial charge in [-0.05, 0) is 0 Å². The number of hydrogen-bond acceptors (Lipinski definition) is 3. The minimum absolute atomic E-state index is 0.132. The minimum Gasteiger partial charge on any atom is -0.465 e. The van der Waals surface area contributed by atoms with Crippen molar-refractivity contribution in [1.82, 2.24) is 14.5 Å². The third-order valence-electron chi connectivity index (χ3n) is 2.75. The van der Waals surface area contributed by atoms with Gasteiger partial charge in [-0.15, -0.1) is 0 Å². The number of hydrogen-bond donors (Lipinski definition) is 1. The highest BCUT2D eigenvalue weighted by Gasteiger charge is 2.33. The monoisotopic (exact) mass is 279 g/mol. The molecule has 0 radical (unpaired) electrons. The number of carboxylic acid groups (broad SMARTS) is 1. The molecule has 106 valence electrons. The number of morpholine rings is 1. The van der Waals surface area contributed by atoms with E-state index in [0.29, 0.717) is 0 Å². The lowest BCUT2D eigenvalue weighted by Gasteiger charge is -2.31. The molecule has 1 aromatic rings. The molecule has 19 heavy (non-hydrogen) atoms. The molecule has 0 saturated carbocycles. The Morgan fingerprint density at radius 3 is 2.89 bits per heavy atom. The number of rotatable bonds is 2. The number of halogens is 3. The largest absolute Gasteiger partial charge is 0.465 e. The summed E-state index contributed by atoms with van der Waals surface area (Å²) in [5.41, 5.74) is -0.974. The van der Waals surface area contributed by atoms with Crippen LogP contribution in [0.4, 0.5) is 18.0 Å². The number of aromatic nitrogens is 2. The highest BCUT2D eigenvalue weighted by molar-refractivity contribution is 5.65. The van der Waals surface area contributed by atoms with Gasteiger partial charge in [0, 0.05) is 12.7 Å². The Morgan fingerprint density at radius 2 is 2.32 bits per heavy atom. The highest BCUT2D eigenvalue weighted by Crippen LogP contribution is 2.27. The molecule has 0 bridgehead atoms. The first-order valence-corrected chi connectivity index (χ1v) is 5.54. The van der Waals surface area contributed by atoms with Crippen LogP contribution < -0.4 is 0 Å². The summed E-state index contributed by atoms with van der Waals surface area (Å²) < 4.78 is 43.6. The summed E-state index contributed by atoms with van der Waals surface area (Å²) in [6, 6.07) is 0. The Bertz CT molecular complexity index is 460. The van der Waals surface area contributed by atoms with E-state index in [-0.39, 0.29) is 26.2 Å². The fourth-order valence-electron chi connectivity index (χ4n) is 1.85. The zero-order valence-electron chi connectivity index (χ0n) is 9.80. The summed E-state index contributed by atoms with van der Waals surface area (Å²) in [5, 5.41) is 8.84. The predicted octanol–water partition coefficient (Wildman–Crippen LogP) is 1.28. The molecular weight excluding hydrogens is 267 g/mol. The van der Waals surface area contributed by atoms with Gasteiger partial charge in [0.25, 0.3) is 0 Å². The van der Waals surface area contributed by atoms with Crippen molar-refractivity contribution in [3.05, 3.63) is 18.2 Å². The van der Waals surface area contributed by atoms with E-state index in [1.807, 2.05) is 0 Å². The first kappa shape index (κ1) is 13.7. The van der Waals surface area contributed by atoms with Gasteiger partial charge >= 0.3 is 12.3 Å². The van der Waals surface area contributed by atoms with Crippen LogP contribution >= 0.6 is 0 Å². The lowest BCUT2D eigenvalue weighted by Crippen LogP contribution is -2.46. The number of amides is 1. The quantitative estimate of drug-likeness (QED) is 0.885. The molecule has 1 fully saturated rings. The highest BCUT2D eigenvalue weighted by atomic mass is 19.4. The Morgan fingerprint density at radius 1 is 1.58 bits per heavy atom. The Hall–Kier alpha value is -1.77. The average molecular weight is 279 g/mol. The minimum atomic E-state index is -4.48. The molecule has 1 N–H and O–H groups in total. The molecule has 1 amide bonds. The summed E-state index contributed by atoms with van der Waals surface area (Å²) in [6.07, 6.45) is -4.07. The van der Waals surface area contributed by atoms with Crippen molar-refractivity contribution in [3.8, 4) is 0 Å². The van der Waals surface area contributed by atoms with Gasteiger partial charge in [-0.1, -0.05) is 0 Å². The molecule has 1 aromatic heterocycles. The van der Waals surface area contributed by atoms with Gasteiger partial charge in [-0.25, -0.2) is 9.78 Å². The molecule has 6 nitrogen and oxygen atoms in total. The molecule has 2 heterocycles. The van der Waals surface area contributed by atoms with Crippen molar-refractivity contribution in [2.45, 2.75) is 18.8 Å². The SMILES string of the molecule is O=C(O)N1CCOC(Cn2cnc(C(F)(F)F)c2)C1. The zero-order valence-corrected chi connectivity index (χ0v) is 9.80. The fraction of sp³-hybridized carbons (Fsp3) is 0.600. The van der Waals surface area contributed by atoms with Crippen molar-refractivity contribution in [2.24, 2.45) is 0 Å². The number of ether oxygens (including phenoxy) is 1. The van der Waals surface area contributed by atoms with E-state index in [1.165, 1.54) is 9.47 Å². The first-order valence-electron chi connectivity index (χ1n) is 5.54. The van der Waals surface area contributed by atoms with Crippen LogP contribution in [0, 0.1) is 0 Å². The van der Waals surface area contributed by atoms with Crippen LogP contribution in [0.3, 0.4) is 0 Å². The second-order valence-electron chi connectivity index (χ2n) is 4.17. The van der Waals surface area contributed by atoms with Gasteiger partial charge in [0.1, 0.15) is 0 Å². The molecule has 1 aliphatic heterocycles. The van der Waals surface area contributed by atoms with Gasteiger partial charge in [-0.3, -0.25) is 0 Å². The van der Waals surface area contributed by atoms with Crippen LogP contribution in [-0.4, -0.2) is 51.5 Å². The maximum atomic E-state index is 12.4. The van der Waals surface area contributed by atoms with Crippen molar-refractivity contribution in [3.63, 3.8) is 0 Å². The normalized spacial score (nSPS) is 20.6. The molecule has 1 saturated heterocycles. The second kappa shape index (κ2) is 5.08. The number of imidazole rings is 1. The maximum Gasteiger partial charge on any atom is 0.434 e. The van der Waals surface area contributed by atoms with Gasteiger partial charge in [0.05, 0.1) is 32.1 Å². The molecule has 0 spiro atoms. The topological polar surface area (TPSA) is 67.6 Å². The first-order chi connectivity index (χ1) is 8.86. The Labute approximate surface area is 106 Å². The standard InChI is InChI=1S/C10H12F3N3O3/c11-10(12,13)8-5-15(6-14-8)3-7-4-16(9(17)18)1-2-19-7/h5-7H,1-4H2,(H,17,18). The smallest absolute Gasteiger partial charge is 0.434 e. The maximum absolute atomic E-state index is 12.4. The van der Waals surface area contributed by atoms with E-state index in [0.717, 1.165) is 12.5 Å². The summed E-state index contributed by atoms with van der Waals surface area (Å²) >= 11 is 0. The Balaban J connectivity index is 1.97. The van der Waals surface area contributed by atoms with Crippen LogP contribution in [0.25, 0.3) is 0 Å². The third kappa shape index (κ3) is 3.37. The van der Waals surface area contributed by atoms with E-state index >= 15 is 0 Å². The van der Waals surface area contributed by atoms with Crippen LogP contribution in [0.5, 0.6) is 0 Å². The number of carbonyl (C=O) groups is 1. The van der Waals surface area contributed by atoms with E-state index in [2.05, 4.69) is 4.98 Å². The van der Waals surface area contributed by atoms with Crippen LogP contribution in [0.1, 0.15) is 5.69 Å². The molecule has 1 aliphatic rings. The molecule has 2 rings (SSSR count). The van der Waals surface area contributed by atoms with Crippen molar-refractivity contribution in [1.29, 1.82) is 0 Å². The summed E-state index contributed by atoms with van der Waals surface area (Å²) in [7, 11) is 0. The van der Waals surface area contributed by atoms with Crippen LogP contribution in [-0.2, 0) is 17.5 Å². The Kier molecular flexibility index (Phi) is 3.65. The fourth-order valence-corrected chi connectivity index (χ4v) is 1.85. The van der Waals surface area contributed by atoms with E-state index in [9.17, 15) is 18.0 Å². The second-order valence-corrected chi connectivity index (χ2v) is 4.17. The van der Waals surface area contributed by atoms with E-state index < -0.39 is 24.1 Å². The van der Waals surface area contributed by atoms with E-state index in [1.54, 1.807) is 0 Å². The zero-order chi connectivity index (χ0) is 14.0. The lowest BCUT2D eigenvalue weighted by atomic mass is 10.3. The number of alkyl halides is 3. The van der Waals surface area contributed by atoms with Crippen molar-refractivity contribution in [2.75, 3.05) is 19.7 Å². The van der Waals surface area contributed by atoms with Crippen molar-refractivity contribution < 1.29 is 27.8 Å². The predicted molar refractivity (Wildman–Crippen MR) is 56.6 cm³/mol. The summed E-state index contributed by atoms with van der Waals surface area (Å²) in [4.78, 5) is 15.2. The molecular formula is C10H12F3N3O3. The van der Waals surface area contributed by atoms with Gasteiger partial charge in [-0.2, -0.15) is 13.2 Å². The molecule has 9 heteroatoms. The van der Waals surface area contributed by atoms with Crippen molar-refractivity contribution >= 4 is 6.09 Å². The molecule has 1 unspecified atom stereocenters. The van der Waals surface area contributed by atoms with Crippen LogP contribution in [0.2, 0.25) is 0 Å². The molecule has 0 aliphatic carbocycles. The summed E-state index contributed by atoms with van der Waals surface area (Å²) in [6.45, 7) is 0.767. The molecule has 1 atom stereocenters. The van der Waals surface area contributed by atoms with Crippen LogP contribution in [0.15, 0.2) is 12.5 Å². The third-order valence-corrected chi connectivity index (χ3v) is 2.75. The van der Waals surface area contributed by atoms with Gasteiger partial charge in [0.2, 0.25) is 0 Å². The molecule has 0 aromatic carbocycles.